The maximum Gasteiger partial charge on any atom is 0.306 e. The Kier molecular flexibility index (Phi) is 57.2. The average molecular weight is 1170 g/mol. The number of aliphatic hydroxyl groups excluding tert-OH is 5. The summed E-state index contributed by atoms with van der Waals surface area (Å²) < 4.78 is 17.7. The lowest BCUT2D eigenvalue weighted by Crippen LogP contribution is -2.61. The molecule has 0 bridgehead atoms. The number of ether oxygens (including phenoxy) is 3. The molecule has 488 valence electrons. The Morgan fingerprint density at radius 1 is 0.458 bits per heavy atom. The Balaban J connectivity index is 2.58. The van der Waals surface area contributed by atoms with Crippen LogP contribution in [-0.4, -0.2) is 99.6 Å². The van der Waals surface area contributed by atoms with Crippen molar-refractivity contribution in [1.29, 1.82) is 0 Å². The van der Waals surface area contributed by atoms with Gasteiger partial charge in [0.25, 0.3) is 0 Å². The highest BCUT2D eigenvalue weighted by Gasteiger charge is 2.47. The van der Waals surface area contributed by atoms with Crippen molar-refractivity contribution in [3.63, 3.8) is 0 Å². The van der Waals surface area contributed by atoms with E-state index < -0.39 is 67.4 Å². The first kappa shape index (κ1) is 78.9. The standard InChI is InChI=1S/C72H135NO10/c1-4-7-10-13-16-19-22-25-27-29-31-32-33-34-35-37-39-42-45-48-51-54-57-60-67(77)83-70-69(79)68(78)66(61-74)82-72(70)81-62-63(64(75)58-55-52-49-46-43-40-24-21-18-15-12-9-6-3)73-71(80)65(76)59-56-53-50-47-44-41-38-36-30-28-26-23-20-17-14-11-8-5-2/h25-28,55,58,63-66,68-70,72,74-76,78-79H,4-24,29-54,56-57,59-62H2,1-3H3,(H,73,80)/b27-25+,28-26+,58-55+. The minimum atomic E-state index is -1.61. The van der Waals surface area contributed by atoms with Gasteiger partial charge in [0.15, 0.2) is 12.4 Å². The maximum atomic E-state index is 13.5. The third kappa shape index (κ3) is 47.6. The summed E-state index contributed by atoms with van der Waals surface area (Å²) in [6.45, 7) is 5.83. The highest BCUT2D eigenvalue weighted by molar-refractivity contribution is 5.80. The van der Waals surface area contributed by atoms with Crippen molar-refractivity contribution in [3.05, 3.63) is 36.5 Å². The van der Waals surface area contributed by atoms with Crippen LogP contribution in [0.1, 0.15) is 348 Å². The van der Waals surface area contributed by atoms with Crippen LogP contribution in [0.25, 0.3) is 0 Å². The second kappa shape index (κ2) is 60.2. The average Bonchev–Trinajstić information content (AvgIpc) is 3.50. The zero-order valence-corrected chi connectivity index (χ0v) is 54.3. The molecule has 8 unspecified atom stereocenters. The van der Waals surface area contributed by atoms with Crippen molar-refractivity contribution >= 4 is 11.9 Å². The summed E-state index contributed by atoms with van der Waals surface area (Å²) in [5.41, 5.74) is 0. The van der Waals surface area contributed by atoms with E-state index in [1.165, 1.54) is 238 Å². The number of amides is 1. The van der Waals surface area contributed by atoms with Gasteiger partial charge in [-0.1, -0.05) is 301 Å². The highest BCUT2D eigenvalue weighted by atomic mass is 16.7. The number of aliphatic hydroxyl groups is 5. The number of hydrogen-bond acceptors (Lipinski definition) is 10. The Bertz CT molecular complexity index is 1490. The van der Waals surface area contributed by atoms with E-state index in [2.05, 4.69) is 50.4 Å². The normalized spacial score (nSPS) is 18.7. The second-order valence-corrected chi connectivity index (χ2v) is 25.0. The monoisotopic (exact) mass is 1170 g/mol. The van der Waals surface area contributed by atoms with Crippen LogP contribution in [0, 0.1) is 0 Å². The molecule has 1 aliphatic rings. The molecular formula is C72H135NO10. The van der Waals surface area contributed by atoms with E-state index in [1.54, 1.807) is 6.08 Å². The summed E-state index contributed by atoms with van der Waals surface area (Å²) in [6, 6.07) is -1.02. The third-order valence-electron chi connectivity index (χ3n) is 17.0. The van der Waals surface area contributed by atoms with Gasteiger partial charge in [0, 0.05) is 6.42 Å². The van der Waals surface area contributed by atoms with Gasteiger partial charge in [-0.05, 0) is 77.0 Å². The van der Waals surface area contributed by atoms with Crippen molar-refractivity contribution in [2.75, 3.05) is 13.2 Å². The number of esters is 1. The molecule has 1 rings (SSSR count). The summed E-state index contributed by atoms with van der Waals surface area (Å²) in [5.74, 6) is -1.18. The van der Waals surface area contributed by atoms with E-state index >= 15 is 0 Å². The van der Waals surface area contributed by atoms with Gasteiger partial charge < -0.3 is 45.1 Å². The Morgan fingerprint density at radius 2 is 0.795 bits per heavy atom. The van der Waals surface area contributed by atoms with Crippen molar-refractivity contribution < 1.29 is 49.3 Å². The van der Waals surface area contributed by atoms with E-state index in [1.807, 2.05) is 6.08 Å². The molecule has 8 atom stereocenters. The molecule has 6 N–H and O–H groups in total. The summed E-state index contributed by atoms with van der Waals surface area (Å²) in [6.07, 6.45) is 63.2. The van der Waals surface area contributed by atoms with Crippen LogP contribution in [0.15, 0.2) is 36.5 Å². The second-order valence-electron chi connectivity index (χ2n) is 25.0. The lowest BCUT2D eigenvalue weighted by molar-refractivity contribution is -0.305. The molecule has 0 aromatic carbocycles. The molecule has 11 nitrogen and oxygen atoms in total. The van der Waals surface area contributed by atoms with Crippen LogP contribution in [0.3, 0.4) is 0 Å². The number of allylic oxidation sites excluding steroid dienone is 5. The van der Waals surface area contributed by atoms with E-state index in [0.717, 1.165) is 64.2 Å². The fourth-order valence-electron chi connectivity index (χ4n) is 11.3. The molecule has 0 aromatic heterocycles. The number of carbonyl (C=O) groups is 2. The molecule has 1 fully saturated rings. The van der Waals surface area contributed by atoms with Crippen LogP contribution in [-0.2, 0) is 23.8 Å². The summed E-state index contributed by atoms with van der Waals surface area (Å²) in [4.78, 5) is 26.7. The van der Waals surface area contributed by atoms with E-state index in [0.29, 0.717) is 19.3 Å². The van der Waals surface area contributed by atoms with Gasteiger partial charge in [-0.3, -0.25) is 9.59 Å². The first-order chi connectivity index (χ1) is 40.7. The van der Waals surface area contributed by atoms with Gasteiger partial charge in [-0.25, -0.2) is 0 Å². The van der Waals surface area contributed by atoms with Crippen molar-refractivity contribution in [2.24, 2.45) is 0 Å². The largest absolute Gasteiger partial charge is 0.454 e. The van der Waals surface area contributed by atoms with Crippen LogP contribution < -0.4 is 5.32 Å². The summed E-state index contributed by atoms with van der Waals surface area (Å²) >= 11 is 0. The van der Waals surface area contributed by atoms with Gasteiger partial charge in [0.2, 0.25) is 5.91 Å². The molecule has 0 aliphatic carbocycles. The molecule has 0 spiro atoms. The van der Waals surface area contributed by atoms with Crippen molar-refractivity contribution in [2.45, 2.75) is 397 Å². The topological polar surface area (TPSA) is 175 Å². The molecule has 1 amide bonds. The molecule has 1 aliphatic heterocycles. The molecule has 0 radical (unpaired) electrons. The van der Waals surface area contributed by atoms with Crippen molar-refractivity contribution in [1.82, 2.24) is 5.32 Å². The molecular weight excluding hydrogens is 1040 g/mol. The van der Waals surface area contributed by atoms with Gasteiger partial charge in [-0.15, -0.1) is 0 Å². The zero-order valence-electron chi connectivity index (χ0n) is 54.3. The van der Waals surface area contributed by atoms with Gasteiger partial charge in [0.1, 0.15) is 24.4 Å². The van der Waals surface area contributed by atoms with Gasteiger partial charge in [0.05, 0.1) is 25.4 Å². The van der Waals surface area contributed by atoms with Crippen LogP contribution >= 0.6 is 0 Å². The van der Waals surface area contributed by atoms with Gasteiger partial charge in [-0.2, -0.15) is 0 Å². The molecule has 11 heteroatoms. The number of unbranched alkanes of at least 4 members (excludes halogenated alkanes) is 44. The lowest BCUT2D eigenvalue weighted by atomic mass is 9.99. The molecule has 0 aromatic rings. The number of hydrogen-bond donors (Lipinski definition) is 6. The molecule has 83 heavy (non-hydrogen) atoms. The van der Waals surface area contributed by atoms with E-state index in [9.17, 15) is 35.1 Å². The molecule has 1 saturated heterocycles. The Hall–Kier alpha value is -2.12. The predicted octanol–water partition coefficient (Wildman–Crippen LogP) is 18.2. The number of rotatable bonds is 62. The SMILES string of the molecule is CCCCCCCC/C=C/CCCCCCCCCCCCCCCC(=O)OC1C(OCC(NC(=O)C(O)CCCCCCCCCC/C=C/CCCCCCCC)C(O)/C=C/CCCCCCCCCCCCC)OC(CO)C(O)C1O. The van der Waals surface area contributed by atoms with Gasteiger partial charge >= 0.3 is 5.97 Å². The highest BCUT2D eigenvalue weighted by Crippen LogP contribution is 2.26. The molecule has 0 saturated carbocycles. The van der Waals surface area contributed by atoms with Crippen LogP contribution in [0.2, 0.25) is 0 Å². The zero-order chi connectivity index (χ0) is 60.3. The smallest absolute Gasteiger partial charge is 0.306 e. The summed E-state index contributed by atoms with van der Waals surface area (Å²) in [5, 5.41) is 57.2. The summed E-state index contributed by atoms with van der Waals surface area (Å²) in [7, 11) is 0. The predicted molar refractivity (Wildman–Crippen MR) is 347 cm³/mol. The quantitative estimate of drug-likeness (QED) is 0.0195. The third-order valence-corrected chi connectivity index (χ3v) is 17.0. The fraction of sp³-hybridized carbons (Fsp3) is 0.889. The maximum absolute atomic E-state index is 13.5. The fourth-order valence-corrected chi connectivity index (χ4v) is 11.3. The lowest BCUT2D eigenvalue weighted by Gasteiger charge is -2.41. The van der Waals surface area contributed by atoms with E-state index in [-0.39, 0.29) is 13.0 Å². The Morgan fingerprint density at radius 3 is 1.17 bits per heavy atom. The first-order valence-electron chi connectivity index (χ1n) is 35.8. The van der Waals surface area contributed by atoms with E-state index in [4.69, 9.17) is 14.2 Å². The minimum Gasteiger partial charge on any atom is -0.454 e. The number of nitrogens with one attached hydrogen (secondary N) is 1. The Labute approximate surface area is 511 Å². The minimum absolute atomic E-state index is 0.127. The van der Waals surface area contributed by atoms with Crippen LogP contribution in [0.5, 0.6) is 0 Å². The van der Waals surface area contributed by atoms with Crippen LogP contribution in [0.4, 0.5) is 0 Å². The van der Waals surface area contributed by atoms with Crippen molar-refractivity contribution in [3.8, 4) is 0 Å². The first-order valence-corrected chi connectivity index (χ1v) is 35.8. The number of carbonyl (C=O) groups excluding carboxylic acids is 2. The molecule has 1 heterocycles.